The average molecular weight is 346 g/mol. The molecule has 0 saturated carbocycles. The SMILES string of the molecule is O=C(c1cccc(-c2ccc(F)cc2)c1)N1CCC(c2cccnc2)C1. The number of carbonyl (C=O) groups is 1. The maximum atomic E-state index is 13.1. The van der Waals surface area contributed by atoms with E-state index in [2.05, 4.69) is 11.1 Å². The number of halogens is 1. The van der Waals surface area contributed by atoms with Gasteiger partial charge in [0.1, 0.15) is 5.82 Å². The van der Waals surface area contributed by atoms with E-state index in [0.29, 0.717) is 18.0 Å². The largest absolute Gasteiger partial charge is 0.338 e. The Bertz CT molecular complexity index is 909. The molecule has 1 fully saturated rings. The third-order valence-electron chi connectivity index (χ3n) is 4.92. The molecule has 4 heteroatoms. The molecule has 2 heterocycles. The van der Waals surface area contributed by atoms with Crippen LogP contribution in [0, 0.1) is 5.82 Å². The van der Waals surface area contributed by atoms with Crippen LogP contribution in [0.5, 0.6) is 0 Å². The Labute approximate surface area is 152 Å². The van der Waals surface area contributed by atoms with Crippen LogP contribution in [0.15, 0.2) is 73.1 Å². The maximum absolute atomic E-state index is 13.1. The third kappa shape index (κ3) is 3.36. The molecule has 1 aliphatic rings. The molecule has 1 amide bonds. The van der Waals surface area contributed by atoms with Crippen LogP contribution in [0.2, 0.25) is 0 Å². The van der Waals surface area contributed by atoms with Crippen LogP contribution in [0.3, 0.4) is 0 Å². The zero-order chi connectivity index (χ0) is 17.9. The highest BCUT2D eigenvalue weighted by Crippen LogP contribution is 2.28. The van der Waals surface area contributed by atoms with Gasteiger partial charge in [-0.15, -0.1) is 0 Å². The van der Waals surface area contributed by atoms with Gasteiger partial charge in [0.25, 0.3) is 5.91 Å². The number of aromatic nitrogens is 1. The third-order valence-corrected chi connectivity index (χ3v) is 4.92. The van der Waals surface area contributed by atoms with E-state index in [1.54, 1.807) is 18.3 Å². The van der Waals surface area contributed by atoms with Gasteiger partial charge in [-0.3, -0.25) is 9.78 Å². The summed E-state index contributed by atoms with van der Waals surface area (Å²) < 4.78 is 13.1. The summed E-state index contributed by atoms with van der Waals surface area (Å²) in [6.45, 7) is 1.46. The van der Waals surface area contributed by atoms with Crippen LogP contribution in [0.4, 0.5) is 4.39 Å². The Morgan fingerprint density at radius 2 is 1.88 bits per heavy atom. The lowest BCUT2D eigenvalue weighted by Crippen LogP contribution is -2.28. The van der Waals surface area contributed by atoms with Crippen molar-refractivity contribution in [2.75, 3.05) is 13.1 Å². The van der Waals surface area contributed by atoms with Crippen LogP contribution < -0.4 is 0 Å². The number of hydrogen-bond donors (Lipinski definition) is 0. The predicted octanol–water partition coefficient (Wildman–Crippen LogP) is 4.52. The van der Waals surface area contributed by atoms with E-state index >= 15 is 0 Å². The second kappa shape index (κ2) is 7.08. The van der Waals surface area contributed by atoms with Gasteiger partial charge in [0.2, 0.25) is 0 Å². The molecule has 3 aromatic rings. The minimum atomic E-state index is -0.264. The lowest BCUT2D eigenvalue weighted by molar-refractivity contribution is 0.0791. The Hall–Kier alpha value is -3.01. The molecule has 1 saturated heterocycles. The summed E-state index contributed by atoms with van der Waals surface area (Å²) in [5, 5.41) is 0. The summed E-state index contributed by atoms with van der Waals surface area (Å²) in [7, 11) is 0. The standard InChI is InChI=1S/C22H19FN2O/c23-21-8-6-16(7-9-21)17-3-1-4-18(13-17)22(26)25-12-10-20(15-25)19-5-2-11-24-14-19/h1-9,11,13-14,20H,10,12,15H2. The van der Waals surface area contributed by atoms with Gasteiger partial charge in [-0.05, 0) is 53.4 Å². The van der Waals surface area contributed by atoms with Gasteiger partial charge in [-0.25, -0.2) is 4.39 Å². The van der Waals surface area contributed by atoms with E-state index in [0.717, 1.165) is 24.1 Å². The van der Waals surface area contributed by atoms with Crippen LogP contribution >= 0.6 is 0 Å². The first-order valence-electron chi connectivity index (χ1n) is 8.76. The fourth-order valence-corrected chi connectivity index (χ4v) is 3.49. The van der Waals surface area contributed by atoms with Crippen LogP contribution in [0.25, 0.3) is 11.1 Å². The minimum absolute atomic E-state index is 0.0420. The predicted molar refractivity (Wildman–Crippen MR) is 99.3 cm³/mol. The van der Waals surface area contributed by atoms with E-state index < -0.39 is 0 Å². The first-order valence-corrected chi connectivity index (χ1v) is 8.76. The molecule has 1 aliphatic heterocycles. The Morgan fingerprint density at radius 3 is 2.65 bits per heavy atom. The number of carbonyl (C=O) groups excluding carboxylic acids is 1. The van der Waals surface area contributed by atoms with E-state index in [4.69, 9.17) is 0 Å². The van der Waals surface area contributed by atoms with Crippen molar-refractivity contribution in [3.05, 3.63) is 90.0 Å². The van der Waals surface area contributed by atoms with Crippen LogP contribution in [-0.2, 0) is 0 Å². The van der Waals surface area contributed by atoms with Gasteiger partial charge in [0.15, 0.2) is 0 Å². The highest BCUT2D eigenvalue weighted by Gasteiger charge is 2.28. The molecule has 1 unspecified atom stereocenters. The number of amides is 1. The van der Waals surface area contributed by atoms with E-state index in [1.807, 2.05) is 41.4 Å². The molecule has 0 spiro atoms. The molecule has 0 N–H and O–H groups in total. The molecule has 0 bridgehead atoms. The lowest BCUT2D eigenvalue weighted by atomic mass is 10.0. The van der Waals surface area contributed by atoms with Crippen molar-refractivity contribution in [1.29, 1.82) is 0 Å². The second-order valence-electron chi connectivity index (χ2n) is 6.61. The number of benzene rings is 2. The lowest BCUT2D eigenvalue weighted by Gasteiger charge is -2.17. The van der Waals surface area contributed by atoms with Crippen molar-refractivity contribution in [1.82, 2.24) is 9.88 Å². The summed E-state index contributed by atoms with van der Waals surface area (Å²) >= 11 is 0. The van der Waals surface area contributed by atoms with Crippen molar-refractivity contribution in [2.45, 2.75) is 12.3 Å². The number of nitrogens with zero attached hydrogens (tertiary/aromatic N) is 2. The van der Waals surface area contributed by atoms with E-state index in [1.165, 1.54) is 17.7 Å². The number of pyridine rings is 1. The first kappa shape index (κ1) is 16.5. The summed E-state index contributed by atoms with van der Waals surface area (Å²) in [5.41, 5.74) is 3.66. The number of rotatable bonds is 3. The molecule has 2 aromatic carbocycles. The topological polar surface area (TPSA) is 33.2 Å². The maximum Gasteiger partial charge on any atom is 0.253 e. The molecule has 130 valence electrons. The normalized spacial score (nSPS) is 16.7. The summed E-state index contributed by atoms with van der Waals surface area (Å²) in [6.07, 6.45) is 4.60. The van der Waals surface area contributed by atoms with Crippen molar-refractivity contribution in [3.63, 3.8) is 0 Å². The summed E-state index contributed by atoms with van der Waals surface area (Å²) in [6, 6.07) is 17.9. The molecular formula is C22H19FN2O. The summed E-state index contributed by atoms with van der Waals surface area (Å²) in [5.74, 6) is 0.118. The van der Waals surface area contributed by atoms with Crippen LogP contribution in [0.1, 0.15) is 28.3 Å². The second-order valence-corrected chi connectivity index (χ2v) is 6.61. The Morgan fingerprint density at radius 1 is 1.04 bits per heavy atom. The Balaban J connectivity index is 1.52. The minimum Gasteiger partial charge on any atom is -0.338 e. The van der Waals surface area contributed by atoms with Crippen LogP contribution in [-0.4, -0.2) is 28.9 Å². The number of hydrogen-bond acceptors (Lipinski definition) is 2. The van der Waals surface area contributed by atoms with Gasteiger partial charge in [-0.1, -0.05) is 30.3 Å². The van der Waals surface area contributed by atoms with E-state index in [9.17, 15) is 9.18 Å². The zero-order valence-corrected chi connectivity index (χ0v) is 14.3. The van der Waals surface area contributed by atoms with Crippen molar-refractivity contribution < 1.29 is 9.18 Å². The van der Waals surface area contributed by atoms with Crippen molar-refractivity contribution >= 4 is 5.91 Å². The molecule has 1 aromatic heterocycles. The molecule has 3 nitrogen and oxygen atoms in total. The Kier molecular flexibility index (Phi) is 4.48. The van der Waals surface area contributed by atoms with Gasteiger partial charge < -0.3 is 4.90 Å². The fourth-order valence-electron chi connectivity index (χ4n) is 3.49. The molecule has 1 atom stereocenters. The van der Waals surface area contributed by atoms with Crippen molar-refractivity contribution in [2.24, 2.45) is 0 Å². The van der Waals surface area contributed by atoms with Gasteiger partial charge >= 0.3 is 0 Å². The first-order chi connectivity index (χ1) is 12.7. The van der Waals surface area contributed by atoms with Crippen molar-refractivity contribution in [3.8, 4) is 11.1 Å². The summed E-state index contributed by atoms with van der Waals surface area (Å²) in [4.78, 5) is 19.0. The van der Waals surface area contributed by atoms with Gasteiger partial charge in [-0.2, -0.15) is 0 Å². The fraction of sp³-hybridized carbons (Fsp3) is 0.182. The molecule has 4 rings (SSSR count). The monoisotopic (exact) mass is 346 g/mol. The highest BCUT2D eigenvalue weighted by molar-refractivity contribution is 5.95. The van der Waals surface area contributed by atoms with Gasteiger partial charge in [0.05, 0.1) is 0 Å². The quantitative estimate of drug-likeness (QED) is 0.699. The zero-order valence-electron chi connectivity index (χ0n) is 14.3. The molecular weight excluding hydrogens is 327 g/mol. The highest BCUT2D eigenvalue weighted by atomic mass is 19.1. The molecule has 0 radical (unpaired) electrons. The molecule has 26 heavy (non-hydrogen) atoms. The van der Waals surface area contributed by atoms with E-state index in [-0.39, 0.29) is 11.7 Å². The molecule has 0 aliphatic carbocycles. The van der Waals surface area contributed by atoms with Gasteiger partial charge in [0, 0.05) is 37.0 Å². The average Bonchev–Trinajstić information content (AvgIpc) is 3.19. The number of likely N-dealkylation sites (tertiary alicyclic amines) is 1. The smallest absolute Gasteiger partial charge is 0.253 e.